The van der Waals surface area contributed by atoms with Crippen LogP contribution in [0.4, 0.5) is 5.69 Å². The van der Waals surface area contributed by atoms with Crippen LogP contribution in [-0.2, 0) is 6.42 Å². The molecule has 0 aliphatic carbocycles. The van der Waals surface area contributed by atoms with Gasteiger partial charge in [0.2, 0.25) is 0 Å². The minimum Gasteiger partial charge on any atom is -0.371 e. The van der Waals surface area contributed by atoms with Gasteiger partial charge in [0.25, 0.3) is 0 Å². The number of para-hydroxylation sites is 1. The van der Waals surface area contributed by atoms with Gasteiger partial charge in [-0.2, -0.15) is 0 Å². The van der Waals surface area contributed by atoms with Crippen LogP contribution in [0, 0.1) is 11.8 Å². The van der Waals surface area contributed by atoms with Gasteiger partial charge in [-0.25, -0.2) is 0 Å². The highest BCUT2D eigenvalue weighted by Crippen LogP contribution is 2.36. The molecule has 0 bridgehead atoms. The minimum atomic E-state index is 0.597. The zero-order chi connectivity index (χ0) is 24.6. The summed E-state index contributed by atoms with van der Waals surface area (Å²) in [4.78, 5) is 5.06. The van der Waals surface area contributed by atoms with Crippen molar-refractivity contribution in [3.8, 4) is 0 Å². The minimum absolute atomic E-state index is 0.597. The van der Waals surface area contributed by atoms with E-state index in [-0.39, 0.29) is 0 Å². The maximum atomic E-state index is 4.03. The topological polar surface area (TPSA) is 6.48 Å². The van der Waals surface area contributed by atoms with E-state index in [1.54, 1.807) is 6.08 Å². The summed E-state index contributed by atoms with van der Waals surface area (Å²) in [5.41, 5.74) is 5.62. The number of fused-ring (bicyclic) bond motifs is 1. The van der Waals surface area contributed by atoms with Crippen LogP contribution < -0.4 is 4.90 Å². The molecule has 0 aromatic heterocycles. The highest BCUT2D eigenvalue weighted by Gasteiger charge is 2.32. The summed E-state index contributed by atoms with van der Waals surface area (Å²) < 4.78 is 0. The summed E-state index contributed by atoms with van der Waals surface area (Å²) >= 11 is 0. The molecule has 2 heterocycles. The van der Waals surface area contributed by atoms with Crippen LogP contribution in [0.15, 0.2) is 60.8 Å². The zero-order valence-corrected chi connectivity index (χ0v) is 22.7. The van der Waals surface area contributed by atoms with Gasteiger partial charge in [0.15, 0.2) is 0 Å². The van der Waals surface area contributed by atoms with Gasteiger partial charge in [-0.15, -0.1) is 6.58 Å². The molecule has 0 fully saturated rings. The third-order valence-corrected chi connectivity index (χ3v) is 6.41. The van der Waals surface area contributed by atoms with Crippen LogP contribution in [0.3, 0.4) is 0 Å². The third kappa shape index (κ3) is 7.29. The number of benzene rings is 1. The van der Waals surface area contributed by atoms with E-state index in [1.165, 1.54) is 35.2 Å². The van der Waals surface area contributed by atoms with E-state index in [0.29, 0.717) is 30.1 Å². The monoisotopic (exact) mass is 438 g/mol. The molecular formula is C30H50N2. The molecule has 0 saturated heterocycles. The lowest BCUT2D eigenvalue weighted by molar-refractivity contribution is 0.200. The smallest absolute Gasteiger partial charge is 0.0404 e. The van der Waals surface area contributed by atoms with E-state index in [0.717, 1.165) is 5.92 Å². The van der Waals surface area contributed by atoms with Crippen molar-refractivity contribution < 1.29 is 0 Å². The van der Waals surface area contributed by atoms with Crippen molar-refractivity contribution >= 4 is 5.69 Å². The van der Waals surface area contributed by atoms with Crippen molar-refractivity contribution in [3.05, 3.63) is 66.4 Å². The molecule has 2 aliphatic rings. The molecule has 2 nitrogen and oxygen atoms in total. The van der Waals surface area contributed by atoms with E-state index in [1.807, 2.05) is 6.92 Å². The Morgan fingerprint density at radius 1 is 0.906 bits per heavy atom. The summed E-state index contributed by atoms with van der Waals surface area (Å²) in [6, 6.07) is 11.4. The molecule has 0 spiro atoms. The highest BCUT2D eigenvalue weighted by atomic mass is 15.2. The molecule has 0 radical (unpaired) electrons. The number of rotatable bonds is 5. The van der Waals surface area contributed by atoms with Crippen molar-refractivity contribution in [2.24, 2.45) is 11.8 Å². The van der Waals surface area contributed by atoms with Crippen LogP contribution in [0.5, 0.6) is 0 Å². The van der Waals surface area contributed by atoms with Gasteiger partial charge in [0.05, 0.1) is 0 Å². The van der Waals surface area contributed by atoms with Gasteiger partial charge in [0, 0.05) is 36.1 Å². The standard InChI is InChI=1S/C14H21N.C13H23N.C3H6/c1-10(2)14-9-12-7-5-6-8-13(12)15(14)11(3)4;1-9(2)12-7-13(10(3)4)14(8-12)11(5)6;1-3-2/h5-8,10-11,14H,9H2,1-4H3;8,10-11,13H,1,7H2,2-6H3;3H,1H2,2H3/t14-;13-;/m00./s1. The lowest BCUT2D eigenvalue weighted by atomic mass is 9.96. The van der Waals surface area contributed by atoms with Crippen LogP contribution in [0.2, 0.25) is 0 Å². The van der Waals surface area contributed by atoms with Crippen molar-refractivity contribution in [2.45, 2.75) is 106 Å². The van der Waals surface area contributed by atoms with Crippen molar-refractivity contribution in [3.63, 3.8) is 0 Å². The van der Waals surface area contributed by atoms with Gasteiger partial charge >= 0.3 is 0 Å². The SMILES string of the molecule is C=C(C)C1=CN(C(C)C)[C@H](C(C)C)C1.C=CC.CC(C)[C@@H]1Cc2ccccc2N1C(C)C. The summed E-state index contributed by atoms with van der Waals surface area (Å²) in [7, 11) is 0. The zero-order valence-electron chi connectivity index (χ0n) is 22.7. The third-order valence-electron chi connectivity index (χ3n) is 6.41. The Bertz CT molecular complexity index is 754. The lowest BCUT2D eigenvalue weighted by Gasteiger charge is -2.34. The van der Waals surface area contributed by atoms with Gasteiger partial charge < -0.3 is 9.80 Å². The van der Waals surface area contributed by atoms with Crippen LogP contribution in [0.25, 0.3) is 0 Å². The molecule has 0 saturated carbocycles. The first-order valence-corrected chi connectivity index (χ1v) is 12.5. The first-order valence-electron chi connectivity index (χ1n) is 12.5. The maximum absolute atomic E-state index is 4.03. The molecule has 0 unspecified atom stereocenters. The second-order valence-electron chi connectivity index (χ2n) is 10.5. The van der Waals surface area contributed by atoms with Gasteiger partial charge in [-0.3, -0.25) is 0 Å². The molecule has 2 heteroatoms. The second-order valence-corrected chi connectivity index (χ2v) is 10.5. The van der Waals surface area contributed by atoms with Crippen LogP contribution >= 0.6 is 0 Å². The number of allylic oxidation sites excluding steroid dienone is 2. The fraction of sp³-hybridized carbons (Fsp3) is 0.600. The van der Waals surface area contributed by atoms with Gasteiger partial charge in [-0.1, -0.05) is 64.1 Å². The van der Waals surface area contributed by atoms with Crippen molar-refractivity contribution in [1.29, 1.82) is 0 Å². The first-order chi connectivity index (χ1) is 15.0. The maximum Gasteiger partial charge on any atom is 0.0404 e. The quantitative estimate of drug-likeness (QED) is 0.427. The molecule has 2 aliphatic heterocycles. The molecule has 2 atom stereocenters. The highest BCUT2D eigenvalue weighted by molar-refractivity contribution is 5.60. The predicted octanol–water partition coefficient (Wildman–Crippen LogP) is 8.26. The van der Waals surface area contributed by atoms with Crippen molar-refractivity contribution in [2.75, 3.05) is 4.90 Å². The van der Waals surface area contributed by atoms with E-state index in [9.17, 15) is 0 Å². The summed E-state index contributed by atoms with van der Waals surface area (Å²) in [5.74, 6) is 1.44. The molecular weight excluding hydrogens is 388 g/mol. The fourth-order valence-electron chi connectivity index (χ4n) is 4.71. The molecule has 0 N–H and O–H groups in total. The molecule has 32 heavy (non-hydrogen) atoms. The Hall–Kier alpha value is -1.96. The van der Waals surface area contributed by atoms with E-state index in [4.69, 9.17) is 0 Å². The Morgan fingerprint density at radius 3 is 1.84 bits per heavy atom. The Morgan fingerprint density at radius 2 is 1.44 bits per heavy atom. The normalized spacial score (nSPS) is 19.5. The summed E-state index contributed by atoms with van der Waals surface area (Å²) in [6.07, 6.45) is 6.44. The number of hydrogen-bond acceptors (Lipinski definition) is 2. The molecule has 3 rings (SSSR count). The van der Waals surface area contributed by atoms with E-state index < -0.39 is 0 Å². The second kappa shape index (κ2) is 12.9. The lowest BCUT2D eigenvalue weighted by Crippen LogP contribution is -2.40. The Balaban J connectivity index is 0.000000286. The molecule has 1 aromatic carbocycles. The largest absolute Gasteiger partial charge is 0.371 e. The summed E-state index contributed by atoms with van der Waals surface area (Å²) in [6.45, 7) is 29.7. The average Bonchev–Trinajstić information content (AvgIpc) is 3.32. The number of hydrogen-bond donors (Lipinski definition) is 0. The Kier molecular flexibility index (Phi) is 11.3. The van der Waals surface area contributed by atoms with E-state index >= 15 is 0 Å². The molecule has 0 amide bonds. The first kappa shape index (κ1) is 28.1. The summed E-state index contributed by atoms with van der Waals surface area (Å²) in [5, 5.41) is 0. The average molecular weight is 439 g/mol. The van der Waals surface area contributed by atoms with Crippen LogP contribution in [-0.4, -0.2) is 29.1 Å². The molecule has 1 aromatic rings. The van der Waals surface area contributed by atoms with Gasteiger partial charge in [0.1, 0.15) is 0 Å². The number of nitrogens with zero attached hydrogens (tertiary/aromatic N) is 2. The van der Waals surface area contributed by atoms with Crippen molar-refractivity contribution in [1.82, 2.24) is 4.90 Å². The fourth-order valence-corrected chi connectivity index (χ4v) is 4.71. The molecule has 180 valence electrons. The van der Waals surface area contributed by atoms with Crippen LogP contribution in [0.1, 0.15) is 81.2 Å². The number of anilines is 1. The van der Waals surface area contributed by atoms with E-state index in [2.05, 4.69) is 116 Å². The Labute approximate surface area is 200 Å². The van der Waals surface area contributed by atoms with Gasteiger partial charge in [-0.05, 0) is 83.4 Å². The predicted molar refractivity (Wildman–Crippen MR) is 145 cm³/mol.